The van der Waals surface area contributed by atoms with Gasteiger partial charge in [-0.1, -0.05) is 0 Å². The fourth-order valence-electron chi connectivity index (χ4n) is 1.78. The Hall–Kier alpha value is -2.08. The van der Waals surface area contributed by atoms with Crippen LogP contribution in [0.1, 0.15) is 32.9 Å². The van der Waals surface area contributed by atoms with E-state index in [1.54, 1.807) is 36.5 Å². The van der Waals surface area contributed by atoms with Gasteiger partial charge in [0.25, 0.3) is 0 Å². The van der Waals surface area contributed by atoms with E-state index in [0.717, 1.165) is 15.6 Å². The molecular formula is C15H18N2O3S. The SMILES string of the molecule is CCOC(=O)c1cc(N)ccc1OCc1nc(C)c(C)s1. The topological polar surface area (TPSA) is 74.4 Å². The molecule has 21 heavy (non-hydrogen) atoms. The minimum atomic E-state index is -0.439. The first-order chi connectivity index (χ1) is 10.0. The number of thiazole rings is 1. The molecule has 1 aromatic carbocycles. The van der Waals surface area contributed by atoms with E-state index < -0.39 is 5.97 Å². The van der Waals surface area contributed by atoms with Crippen molar-refractivity contribution in [3.63, 3.8) is 0 Å². The summed E-state index contributed by atoms with van der Waals surface area (Å²) in [5.41, 5.74) is 7.55. The highest BCUT2D eigenvalue weighted by Gasteiger charge is 2.15. The van der Waals surface area contributed by atoms with Crippen LogP contribution in [0.4, 0.5) is 5.69 Å². The van der Waals surface area contributed by atoms with Gasteiger partial charge in [0.05, 0.1) is 12.3 Å². The van der Waals surface area contributed by atoms with E-state index in [9.17, 15) is 4.79 Å². The molecule has 0 fully saturated rings. The lowest BCUT2D eigenvalue weighted by molar-refractivity contribution is 0.0521. The number of ether oxygens (including phenoxy) is 2. The summed E-state index contributed by atoms with van der Waals surface area (Å²) in [6.45, 7) is 6.35. The predicted molar refractivity (Wildman–Crippen MR) is 82.7 cm³/mol. The highest BCUT2D eigenvalue weighted by atomic mass is 32.1. The van der Waals surface area contributed by atoms with Crippen LogP contribution in [0.2, 0.25) is 0 Å². The Balaban J connectivity index is 2.17. The Morgan fingerprint density at radius 1 is 1.38 bits per heavy atom. The first-order valence-corrected chi connectivity index (χ1v) is 7.45. The van der Waals surface area contributed by atoms with Crippen molar-refractivity contribution in [2.45, 2.75) is 27.4 Å². The van der Waals surface area contributed by atoms with Crippen LogP contribution >= 0.6 is 11.3 Å². The van der Waals surface area contributed by atoms with Crippen LogP contribution in [0.25, 0.3) is 0 Å². The molecule has 0 saturated heterocycles. The maximum absolute atomic E-state index is 11.9. The predicted octanol–water partition coefficient (Wildman–Crippen LogP) is 3.10. The van der Waals surface area contributed by atoms with Gasteiger partial charge in [-0.2, -0.15) is 0 Å². The zero-order chi connectivity index (χ0) is 15.4. The summed E-state index contributed by atoms with van der Waals surface area (Å²) in [7, 11) is 0. The molecular weight excluding hydrogens is 288 g/mol. The molecule has 2 aromatic rings. The number of esters is 1. The van der Waals surface area contributed by atoms with Crippen molar-refractivity contribution in [1.82, 2.24) is 4.98 Å². The maximum Gasteiger partial charge on any atom is 0.341 e. The molecule has 5 nitrogen and oxygen atoms in total. The lowest BCUT2D eigenvalue weighted by atomic mass is 10.2. The van der Waals surface area contributed by atoms with Gasteiger partial charge in [-0.15, -0.1) is 11.3 Å². The third-order valence-electron chi connectivity index (χ3n) is 2.92. The van der Waals surface area contributed by atoms with Gasteiger partial charge in [0.1, 0.15) is 22.9 Å². The third-order valence-corrected chi connectivity index (χ3v) is 3.97. The number of carbonyl (C=O) groups excluding carboxylic acids is 1. The Morgan fingerprint density at radius 2 is 2.14 bits per heavy atom. The number of aryl methyl sites for hydroxylation is 2. The molecule has 1 aromatic heterocycles. The normalized spacial score (nSPS) is 10.4. The average Bonchev–Trinajstić information content (AvgIpc) is 2.76. The van der Waals surface area contributed by atoms with Gasteiger partial charge in [-0.25, -0.2) is 9.78 Å². The van der Waals surface area contributed by atoms with Crippen molar-refractivity contribution in [3.05, 3.63) is 39.3 Å². The minimum absolute atomic E-state index is 0.304. The Morgan fingerprint density at radius 3 is 2.76 bits per heavy atom. The molecule has 0 radical (unpaired) electrons. The van der Waals surface area contributed by atoms with Crippen LogP contribution in [0.3, 0.4) is 0 Å². The minimum Gasteiger partial charge on any atom is -0.486 e. The quantitative estimate of drug-likeness (QED) is 0.678. The number of benzene rings is 1. The van der Waals surface area contributed by atoms with Gasteiger partial charge >= 0.3 is 5.97 Å². The van der Waals surface area contributed by atoms with E-state index in [1.807, 2.05) is 13.8 Å². The van der Waals surface area contributed by atoms with Crippen molar-refractivity contribution in [2.24, 2.45) is 0 Å². The van der Waals surface area contributed by atoms with Gasteiger partial charge in [-0.05, 0) is 39.0 Å². The molecule has 0 bridgehead atoms. The van der Waals surface area contributed by atoms with Gasteiger partial charge in [0.15, 0.2) is 0 Å². The summed E-state index contributed by atoms with van der Waals surface area (Å²) < 4.78 is 10.7. The van der Waals surface area contributed by atoms with E-state index >= 15 is 0 Å². The van der Waals surface area contributed by atoms with Gasteiger partial charge in [-0.3, -0.25) is 0 Å². The Kier molecular flexibility index (Phi) is 4.80. The smallest absolute Gasteiger partial charge is 0.341 e. The number of nitrogens with zero attached hydrogens (tertiary/aromatic N) is 1. The van der Waals surface area contributed by atoms with Crippen LogP contribution in [0, 0.1) is 13.8 Å². The molecule has 0 aliphatic rings. The average molecular weight is 306 g/mol. The van der Waals surface area contributed by atoms with E-state index in [0.29, 0.717) is 30.2 Å². The number of nitrogen functional groups attached to an aromatic ring is 1. The molecule has 0 unspecified atom stereocenters. The number of aromatic nitrogens is 1. The summed E-state index contributed by atoms with van der Waals surface area (Å²) >= 11 is 1.58. The molecule has 6 heteroatoms. The third kappa shape index (κ3) is 3.72. The summed E-state index contributed by atoms with van der Waals surface area (Å²) in [5, 5.41) is 0.872. The number of carbonyl (C=O) groups is 1. The van der Waals surface area contributed by atoms with Crippen molar-refractivity contribution in [1.29, 1.82) is 0 Å². The van der Waals surface area contributed by atoms with Gasteiger partial charge < -0.3 is 15.2 Å². The molecule has 0 amide bonds. The summed E-state index contributed by atoms with van der Waals surface area (Å²) in [5.74, 6) is 0.0134. The summed E-state index contributed by atoms with van der Waals surface area (Å²) in [6, 6.07) is 4.93. The molecule has 0 aliphatic heterocycles. The van der Waals surface area contributed by atoms with Crippen LogP contribution in [-0.2, 0) is 11.3 Å². The molecule has 0 spiro atoms. The van der Waals surface area contributed by atoms with Crippen LogP contribution in [-0.4, -0.2) is 17.6 Å². The van der Waals surface area contributed by atoms with Gasteiger partial charge in [0, 0.05) is 10.6 Å². The second kappa shape index (κ2) is 6.58. The second-order valence-electron chi connectivity index (χ2n) is 4.51. The fourth-order valence-corrected chi connectivity index (χ4v) is 2.63. The van der Waals surface area contributed by atoms with Crippen molar-refractivity contribution in [3.8, 4) is 5.75 Å². The number of nitrogens with two attached hydrogens (primary N) is 1. The molecule has 112 valence electrons. The number of hydrogen-bond donors (Lipinski definition) is 1. The number of rotatable bonds is 5. The first kappa shape index (κ1) is 15.3. The molecule has 2 N–H and O–H groups in total. The Bertz CT molecular complexity index is 633. The lowest BCUT2D eigenvalue weighted by Gasteiger charge is -2.10. The van der Waals surface area contributed by atoms with E-state index in [4.69, 9.17) is 15.2 Å². The maximum atomic E-state index is 11.9. The van der Waals surface area contributed by atoms with Gasteiger partial charge in [0.2, 0.25) is 0 Å². The zero-order valence-corrected chi connectivity index (χ0v) is 13.1. The fraction of sp³-hybridized carbons (Fsp3) is 0.333. The number of anilines is 1. The van der Waals surface area contributed by atoms with Crippen molar-refractivity contribution < 1.29 is 14.3 Å². The summed E-state index contributed by atoms with van der Waals surface area (Å²) in [4.78, 5) is 17.5. The van der Waals surface area contributed by atoms with Crippen LogP contribution in [0.5, 0.6) is 5.75 Å². The molecule has 0 atom stereocenters. The van der Waals surface area contributed by atoms with E-state index in [2.05, 4.69) is 4.98 Å². The van der Waals surface area contributed by atoms with Crippen molar-refractivity contribution >= 4 is 23.0 Å². The van der Waals surface area contributed by atoms with Crippen LogP contribution in [0.15, 0.2) is 18.2 Å². The first-order valence-electron chi connectivity index (χ1n) is 6.63. The van der Waals surface area contributed by atoms with E-state index in [1.165, 1.54) is 0 Å². The lowest BCUT2D eigenvalue weighted by Crippen LogP contribution is -2.08. The zero-order valence-electron chi connectivity index (χ0n) is 12.3. The molecule has 0 aliphatic carbocycles. The van der Waals surface area contributed by atoms with Crippen LogP contribution < -0.4 is 10.5 Å². The second-order valence-corrected chi connectivity index (χ2v) is 5.80. The highest BCUT2D eigenvalue weighted by molar-refractivity contribution is 7.11. The standard InChI is InChI=1S/C15H18N2O3S/c1-4-19-15(18)12-7-11(16)5-6-13(12)20-8-14-17-9(2)10(3)21-14/h5-7H,4,8,16H2,1-3H3. The number of hydrogen-bond acceptors (Lipinski definition) is 6. The van der Waals surface area contributed by atoms with Crippen molar-refractivity contribution in [2.75, 3.05) is 12.3 Å². The largest absolute Gasteiger partial charge is 0.486 e. The van der Waals surface area contributed by atoms with E-state index in [-0.39, 0.29) is 0 Å². The summed E-state index contributed by atoms with van der Waals surface area (Å²) in [6.07, 6.45) is 0. The molecule has 0 saturated carbocycles. The molecule has 1 heterocycles. The Labute approximate surface area is 127 Å². The molecule has 2 rings (SSSR count). The monoisotopic (exact) mass is 306 g/mol. The highest BCUT2D eigenvalue weighted by Crippen LogP contribution is 2.25.